The van der Waals surface area contributed by atoms with E-state index in [0.29, 0.717) is 28.3 Å². The number of carbonyl (C=O) groups excluding carboxylic acids is 1. The van der Waals surface area contributed by atoms with Gasteiger partial charge in [-0.05, 0) is 55.0 Å². The molecule has 12 heteroatoms. The SMILES string of the molecule is CCOc1cccc(CNC(=O)CN(c2cccc(C(F)(F)F)c2)S(=O)(=O)c2ccc(OC)c(OC)c2)c1. The molecule has 1 N–H and O–H groups in total. The van der Waals surface area contributed by atoms with E-state index in [1.165, 1.54) is 38.5 Å². The lowest BCUT2D eigenvalue weighted by Gasteiger charge is -2.25. The lowest BCUT2D eigenvalue weighted by Crippen LogP contribution is -2.40. The lowest BCUT2D eigenvalue weighted by molar-refractivity contribution is -0.137. The van der Waals surface area contributed by atoms with Gasteiger partial charge in [0.1, 0.15) is 12.3 Å². The molecule has 0 heterocycles. The van der Waals surface area contributed by atoms with E-state index in [1.54, 1.807) is 24.3 Å². The second kappa shape index (κ2) is 12.1. The number of sulfonamides is 1. The number of benzene rings is 3. The van der Waals surface area contributed by atoms with E-state index in [4.69, 9.17) is 14.2 Å². The molecule has 204 valence electrons. The van der Waals surface area contributed by atoms with Crippen molar-refractivity contribution < 1.29 is 40.6 Å². The summed E-state index contributed by atoms with van der Waals surface area (Å²) < 4.78 is 83.8. The van der Waals surface area contributed by atoms with Crippen LogP contribution in [0.4, 0.5) is 18.9 Å². The van der Waals surface area contributed by atoms with Gasteiger partial charge >= 0.3 is 6.18 Å². The highest BCUT2D eigenvalue weighted by atomic mass is 32.2. The summed E-state index contributed by atoms with van der Waals surface area (Å²) >= 11 is 0. The number of amides is 1. The fourth-order valence-corrected chi connectivity index (χ4v) is 4.98. The number of carbonyl (C=O) groups is 1. The quantitative estimate of drug-likeness (QED) is 0.373. The Morgan fingerprint density at radius 2 is 1.66 bits per heavy atom. The van der Waals surface area contributed by atoms with Crippen LogP contribution in [0.1, 0.15) is 18.1 Å². The summed E-state index contributed by atoms with van der Waals surface area (Å²) in [7, 11) is -1.83. The van der Waals surface area contributed by atoms with E-state index in [0.717, 1.165) is 12.1 Å². The highest BCUT2D eigenvalue weighted by Crippen LogP contribution is 2.35. The molecule has 3 rings (SSSR count). The van der Waals surface area contributed by atoms with Gasteiger partial charge in [-0.2, -0.15) is 13.2 Å². The number of nitrogens with zero attached hydrogens (tertiary/aromatic N) is 1. The number of ether oxygens (including phenoxy) is 3. The molecule has 3 aromatic rings. The van der Waals surface area contributed by atoms with Gasteiger partial charge in [0.15, 0.2) is 11.5 Å². The van der Waals surface area contributed by atoms with Gasteiger partial charge in [0.05, 0.1) is 37.0 Å². The van der Waals surface area contributed by atoms with Gasteiger partial charge in [-0.3, -0.25) is 9.10 Å². The van der Waals surface area contributed by atoms with Crippen molar-refractivity contribution in [2.24, 2.45) is 0 Å². The first-order chi connectivity index (χ1) is 18.0. The van der Waals surface area contributed by atoms with E-state index in [-0.39, 0.29) is 28.6 Å². The van der Waals surface area contributed by atoms with Crippen LogP contribution in [0, 0.1) is 0 Å². The lowest BCUT2D eigenvalue weighted by atomic mass is 10.2. The number of hydrogen-bond donors (Lipinski definition) is 1. The van der Waals surface area contributed by atoms with E-state index in [2.05, 4.69) is 5.32 Å². The molecule has 0 aliphatic carbocycles. The number of anilines is 1. The van der Waals surface area contributed by atoms with Gasteiger partial charge in [0.2, 0.25) is 5.91 Å². The normalized spacial score (nSPS) is 11.5. The van der Waals surface area contributed by atoms with Crippen molar-refractivity contribution in [1.82, 2.24) is 5.32 Å². The van der Waals surface area contributed by atoms with Gasteiger partial charge < -0.3 is 19.5 Å². The van der Waals surface area contributed by atoms with Gasteiger partial charge in [-0.25, -0.2) is 8.42 Å². The molecule has 0 saturated heterocycles. The van der Waals surface area contributed by atoms with E-state index >= 15 is 0 Å². The Morgan fingerprint density at radius 3 is 2.32 bits per heavy atom. The highest BCUT2D eigenvalue weighted by molar-refractivity contribution is 7.92. The minimum Gasteiger partial charge on any atom is -0.494 e. The van der Waals surface area contributed by atoms with E-state index < -0.39 is 34.2 Å². The summed E-state index contributed by atoms with van der Waals surface area (Å²) in [6, 6.07) is 14.4. The first-order valence-electron chi connectivity index (χ1n) is 11.4. The smallest absolute Gasteiger partial charge is 0.416 e. The highest BCUT2D eigenvalue weighted by Gasteiger charge is 2.33. The predicted octanol–water partition coefficient (Wildman–Crippen LogP) is 4.63. The molecule has 0 saturated carbocycles. The fourth-order valence-electron chi connectivity index (χ4n) is 3.56. The summed E-state index contributed by atoms with van der Waals surface area (Å²) in [5, 5.41) is 2.61. The average molecular weight is 553 g/mol. The van der Waals surface area contributed by atoms with Crippen molar-refractivity contribution in [1.29, 1.82) is 0 Å². The number of halogens is 3. The number of hydrogen-bond acceptors (Lipinski definition) is 6. The number of alkyl halides is 3. The van der Waals surface area contributed by atoms with Gasteiger partial charge in [0.25, 0.3) is 10.0 Å². The van der Waals surface area contributed by atoms with Crippen LogP contribution in [0.5, 0.6) is 17.2 Å². The van der Waals surface area contributed by atoms with Crippen molar-refractivity contribution in [2.75, 3.05) is 31.7 Å². The number of nitrogens with one attached hydrogen (secondary N) is 1. The molecule has 0 bridgehead atoms. The Hall–Kier alpha value is -3.93. The van der Waals surface area contributed by atoms with Crippen LogP contribution >= 0.6 is 0 Å². The third kappa shape index (κ3) is 6.88. The second-order valence-electron chi connectivity index (χ2n) is 7.93. The van der Waals surface area contributed by atoms with Gasteiger partial charge in [-0.1, -0.05) is 18.2 Å². The molecular formula is C26H27F3N2O6S. The Kier molecular flexibility index (Phi) is 9.10. The molecule has 0 atom stereocenters. The standard InChI is InChI=1S/C26H27F3N2O6S/c1-4-37-21-10-5-7-18(13-21)16-30-25(32)17-31(20-9-6-8-19(14-20)26(27,28)29)38(33,34)22-11-12-23(35-2)24(15-22)36-3/h5-15H,4,16-17H2,1-3H3,(H,30,32). The molecular weight excluding hydrogens is 525 g/mol. The van der Waals surface area contributed by atoms with Crippen LogP contribution in [0.15, 0.2) is 71.6 Å². The fraction of sp³-hybridized carbons (Fsp3) is 0.269. The molecule has 0 aliphatic heterocycles. The molecule has 1 amide bonds. The Bertz CT molecular complexity index is 1380. The maximum absolute atomic E-state index is 13.6. The molecule has 0 unspecified atom stereocenters. The first-order valence-corrected chi connectivity index (χ1v) is 12.8. The summed E-state index contributed by atoms with van der Waals surface area (Å²) in [4.78, 5) is 12.6. The summed E-state index contributed by atoms with van der Waals surface area (Å²) in [5.41, 5.74) is -0.698. The van der Waals surface area contributed by atoms with E-state index in [1.807, 2.05) is 6.92 Å². The van der Waals surface area contributed by atoms with Gasteiger partial charge in [0, 0.05) is 12.6 Å². The van der Waals surface area contributed by atoms with Gasteiger partial charge in [-0.15, -0.1) is 0 Å². The third-order valence-electron chi connectivity index (χ3n) is 5.39. The Balaban J connectivity index is 1.95. The minimum absolute atomic E-state index is 0.0482. The van der Waals surface area contributed by atoms with E-state index in [9.17, 15) is 26.4 Å². The second-order valence-corrected chi connectivity index (χ2v) is 9.80. The zero-order chi connectivity index (χ0) is 27.9. The minimum atomic E-state index is -4.72. The van der Waals surface area contributed by atoms with Crippen molar-refractivity contribution >= 4 is 21.6 Å². The van der Waals surface area contributed by atoms with Crippen LogP contribution in [-0.2, 0) is 27.5 Å². The van der Waals surface area contributed by atoms with Crippen LogP contribution in [0.2, 0.25) is 0 Å². The maximum atomic E-state index is 13.6. The van der Waals surface area contributed by atoms with Crippen molar-refractivity contribution in [3.63, 3.8) is 0 Å². The average Bonchev–Trinajstić information content (AvgIpc) is 2.90. The van der Waals surface area contributed by atoms with Crippen LogP contribution in [0.3, 0.4) is 0 Å². The number of methoxy groups -OCH3 is 2. The first kappa shape index (κ1) is 28.6. The molecule has 0 radical (unpaired) electrons. The Labute approximate surface area is 219 Å². The topological polar surface area (TPSA) is 94.2 Å². The van der Waals surface area contributed by atoms with Crippen molar-refractivity contribution in [3.8, 4) is 17.2 Å². The molecule has 0 aliphatic rings. The summed E-state index contributed by atoms with van der Waals surface area (Å²) in [6.45, 7) is 1.56. The molecule has 0 aromatic heterocycles. The van der Waals surface area contributed by atoms with Crippen LogP contribution in [-0.4, -0.2) is 41.7 Å². The Morgan fingerprint density at radius 1 is 0.947 bits per heavy atom. The molecule has 3 aromatic carbocycles. The molecule has 0 fully saturated rings. The molecule has 8 nitrogen and oxygen atoms in total. The van der Waals surface area contributed by atoms with Crippen LogP contribution < -0.4 is 23.8 Å². The van der Waals surface area contributed by atoms with Crippen molar-refractivity contribution in [2.45, 2.75) is 24.5 Å². The molecule has 38 heavy (non-hydrogen) atoms. The number of rotatable bonds is 11. The monoisotopic (exact) mass is 552 g/mol. The third-order valence-corrected chi connectivity index (χ3v) is 7.16. The maximum Gasteiger partial charge on any atom is 0.416 e. The predicted molar refractivity (Wildman–Crippen MR) is 135 cm³/mol. The molecule has 0 spiro atoms. The summed E-state index contributed by atoms with van der Waals surface area (Å²) in [5.74, 6) is 0.217. The van der Waals surface area contributed by atoms with Crippen LogP contribution in [0.25, 0.3) is 0 Å². The summed E-state index contributed by atoms with van der Waals surface area (Å²) in [6.07, 6.45) is -4.72. The zero-order valence-corrected chi connectivity index (χ0v) is 21.7. The van der Waals surface area contributed by atoms with Crippen molar-refractivity contribution in [3.05, 3.63) is 77.9 Å². The zero-order valence-electron chi connectivity index (χ0n) is 20.9. The largest absolute Gasteiger partial charge is 0.494 e.